The minimum Gasteiger partial charge on any atom is -0.172 e. The molecule has 4 unspecified atom stereocenters. The Morgan fingerprint density at radius 3 is 1.28 bits per heavy atom. The van der Waals surface area contributed by atoms with Crippen molar-refractivity contribution in [1.29, 1.82) is 0 Å². The molecule has 0 radical (unpaired) electrons. The normalized spacial score (nSPS) is 13.7. The van der Waals surface area contributed by atoms with Crippen molar-refractivity contribution in [2.75, 3.05) is 0 Å². The third kappa shape index (κ3) is 15.7. The number of unbranched alkanes of at least 4 members (excludes halogenated alkanes) is 10. The van der Waals surface area contributed by atoms with Crippen LogP contribution in [-0.2, 0) is 25.7 Å². The van der Waals surface area contributed by atoms with Gasteiger partial charge in [-0.25, -0.2) is 0 Å². The standard InChI is InChI=1S/C78H100N2S9/c1-11-19-25-27-33-53(31-23-15-5)40-55-44-65(82-50(55)10)67-47-61-72-73(80-89-79-72)62-48-68(87-78(62)77(61)86-67)66-45-56(41-54(32-24-16-6)34-28-26-20-12-2)74(85-66)69-46-60-71(64-38-36-58(84-64)43-52(18-8)30-22-14-4)75-59(39-49(9)81-75)70(76(60)88-69)63-37-35-57(83-63)42-51(17-7)29-21-13-3/h35-39,44-48,51-54H,11-34,40-43H2,1-10H3. The van der Waals surface area contributed by atoms with Gasteiger partial charge in [0.2, 0.25) is 0 Å². The number of benzene rings is 2. The Morgan fingerprint density at radius 2 is 0.764 bits per heavy atom. The van der Waals surface area contributed by atoms with E-state index in [1.165, 1.54) is 285 Å². The number of aryl methyl sites for hydroxylation is 2. The molecular formula is C78H100N2S9. The number of nitrogens with zero attached hydrogens (tertiary/aromatic N) is 2. The predicted octanol–water partition coefficient (Wildman–Crippen LogP) is 29.9. The van der Waals surface area contributed by atoms with Gasteiger partial charge in [0.1, 0.15) is 11.0 Å². The van der Waals surface area contributed by atoms with Gasteiger partial charge in [0, 0.05) is 101 Å². The fraction of sp³-hybridized carbons (Fsp3) is 0.538. The Hall–Kier alpha value is -3.10. The van der Waals surface area contributed by atoms with E-state index in [0.717, 1.165) is 35.2 Å². The Labute approximate surface area is 571 Å². The lowest BCUT2D eigenvalue weighted by Crippen LogP contribution is -2.05. The molecule has 0 aliphatic rings. The Balaban J connectivity index is 1.05. The second kappa shape index (κ2) is 32.4. The molecule has 2 nitrogen and oxygen atoms in total. The zero-order valence-corrected chi connectivity index (χ0v) is 62.8. The van der Waals surface area contributed by atoms with Crippen molar-refractivity contribution in [3.8, 4) is 50.1 Å². The number of thiophene rings is 8. The smallest absolute Gasteiger partial charge is 0.114 e. The van der Waals surface area contributed by atoms with Crippen LogP contribution in [0.15, 0.2) is 60.7 Å². The number of hydrogen-bond donors (Lipinski definition) is 0. The highest BCUT2D eigenvalue weighted by molar-refractivity contribution is 7.34. The van der Waals surface area contributed by atoms with E-state index >= 15 is 0 Å². The molecule has 0 saturated carbocycles. The van der Waals surface area contributed by atoms with Crippen LogP contribution in [0.5, 0.6) is 0 Å². The third-order valence-corrected chi connectivity index (χ3v) is 29.8. The highest BCUT2D eigenvalue weighted by Crippen LogP contribution is 2.56. The van der Waals surface area contributed by atoms with Crippen LogP contribution in [0.4, 0.5) is 0 Å². The maximum absolute atomic E-state index is 5.11. The fourth-order valence-electron chi connectivity index (χ4n) is 14.2. The number of hydrogen-bond acceptors (Lipinski definition) is 11. The number of rotatable bonds is 37. The van der Waals surface area contributed by atoms with Gasteiger partial charge in [-0.2, -0.15) is 8.75 Å². The molecule has 89 heavy (non-hydrogen) atoms. The minimum atomic E-state index is 0.672. The largest absolute Gasteiger partial charge is 0.172 e. The molecule has 11 aromatic rings. The second-order valence-electron chi connectivity index (χ2n) is 26.4. The average molecular weight is 1350 g/mol. The molecule has 0 bridgehead atoms. The molecule has 0 aliphatic carbocycles. The molecule has 0 aliphatic heterocycles. The van der Waals surface area contributed by atoms with Crippen LogP contribution < -0.4 is 0 Å². The maximum atomic E-state index is 5.11. The lowest BCUT2D eigenvalue weighted by atomic mass is 9.89. The molecule has 9 aromatic heterocycles. The van der Waals surface area contributed by atoms with Crippen LogP contribution in [0.25, 0.3) is 102 Å². The van der Waals surface area contributed by atoms with Crippen LogP contribution >= 0.6 is 102 Å². The van der Waals surface area contributed by atoms with Gasteiger partial charge in [-0.1, -0.05) is 209 Å². The highest BCUT2D eigenvalue weighted by atomic mass is 32.1. The van der Waals surface area contributed by atoms with Crippen LogP contribution in [0, 0.1) is 37.5 Å². The van der Waals surface area contributed by atoms with Gasteiger partial charge in [0.15, 0.2) is 0 Å². The van der Waals surface area contributed by atoms with Crippen molar-refractivity contribution in [1.82, 2.24) is 8.75 Å². The summed E-state index contributed by atoms with van der Waals surface area (Å²) in [7, 11) is 0. The van der Waals surface area contributed by atoms with E-state index in [2.05, 4.69) is 175 Å². The van der Waals surface area contributed by atoms with Crippen molar-refractivity contribution in [2.24, 2.45) is 23.7 Å². The monoisotopic (exact) mass is 1350 g/mol. The van der Waals surface area contributed by atoms with E-state index in [1.54, 1.807) is 20.9 Å². The lowest BCUT2D eigenvalue weighted by Gasteiger charge is -2.17. The van der Waals surface area contributed by atoms with E-state index in [1.807, 2.05) is 45.3 Å². The quantitative estimate of drug-likeness (QED) is 0.0363. The van der Waals surface area contributed by atoms with Crippen LogP contribution in [0.1, 0.15) is 240 Å². The molecule has 476 valence electrons. The lowest BCUT2D eigenvalue weighted by molar-refractivity contribution is 0.410. The number of fused-ring (bicyclic) bond motifs is 8. The van der Waals surface area contributed by atoms with E-state index in [-0.39, 0.29) is 0 Å². The predicted molar refractivity (Wildman–Crippen MR) is 412 cm³/mol. The molecule has 11 heteroatoms. The summed E-state index contributed by atoms with van der Waals surface area (Å²) >= 11 is 17.8. The molecular weight excluding hydrogens is 1250 g/mol. The molecule has 4 atom stereocenters. The maximum Gasteiger partial charge on any atom is 0.114 e. The van der Waals surface area contributed by atoms with Crippen molar-refractivity contribution in [3.05, 3.63) is 91.3 Å². The van der Waals surface area contributed by atoms with E-state index in [9.17, 15) is 0 Å². The van der Waals surface area contributed by atoms with Crippen molar-refractivity contribution in [2.45, 2.75) is 249 Å². The summed E-state index contributed by atoms with van der Waals surface area (Å²) in [6.07, 6.45) is 36.3. The third-order valence-electron chi connectivity index (χ3n) is 19.6. The van der Waals surface area contributed by atoms with Gasteiger partial charge >= 0.3 is 0 Å². The summed E-state index contributed by atoms with van der Waals surface area (Å²) < 4.78 is 15.9. The summed E-state index contributed by atoms with van der Waals surface area (Å²) in [6, 6.07) is 25.5. The molecule has 9 heterocycles. The summed E-state index contributed by atoms with van der Waals surface area (Å²) in [5.41, 5.74) is 8.23. The summed E-state index contributed by atoms with van der Waals surface area (Å²) in [5, 5.41) is 5.46. The molecule has 0 amide bonds. The first-order valence-electron chi connectivity index (χ1n) is 35.1. The average Bonchev–Trinajstić information content (AvgIpc) is 1.62. The Bertz CT molecular complexity index is 3910. The van der Waals surface area contributed by atoms with Crippen LogP contribution in [0.3, 0.4) is 0 Å². The van der Waals surface area contributed by atoms with Gasteiger partial charge in [0.25, 0.3) is 0 Å². The van der Waals surface area contributed by atoms with Gasteiger partial charge in [-0.3, -0.25) is 0 Å². The fourth-order valence-corrected chi connectivity index (χ4v) is 24.6. The van der Waals surface area contributed by atoms with Crippen molar-refractivity contribution >= 4 is 154 Å². The second-order valence-corrected chi connectivity index (χ2v) is 36.0. The van der Waals surface area contributed by atoms with Crippen molar-refractivity contribution < 1.29 is 0 Å². The first kappa shape index (κ1) is 67.3. The molecule has 2 aromatic carbocycles. The van der Waals surface area contributed by atoms with Gasteiger partial charge in [-0.15, -0.1) is 90.7 Å². The summed E-state index contributed by atoms with van der Waals surface area (Å²) in [4.78, 5) is 17.4. The van der Waals surface area contributed by atoms with Gasteiger partial charge < -0.3 is 0 Å². The minimum absolute atomic E-state index is 0.672. The highest BCUT2D eigenvalue weighted by Gasteiger charge is 2.28. The van der Waals surface area contributed by atoms with E-state index in [0.29, 0.717) is 5.92 Å². The molecule has 0 N–H and O–H groups in total. The topological polar surface area (TPSA) is 25.8 Å². The zero-order valence-electron chi connectivity index (χ0n) is 55.5. The van der Waals surface area contributed by atoms with Crippen molar-refractivity contribution in [3.63, 3.8) is 0 Å². The van der Waals surface area contributed by atoms with Gasteiger partial charge in [-0.05, 0) is 135 Å². The first-order chi connectivity index (χ1) is 43.6. The zero-order chi connectivity index (χ0) is 62.0. The SMILES string of the molecule is CCCCCCC(CCCC)Cc1cc(-c2cc3c4nsnc4c4cc(-c5cc(CC(CCCC)CCCCCC)c(-c6cc7c(-c8ccc(CC(CC)CCCC)s8)c8sc(C)cc8c(-c8ccc(CC(CC)CCCC)s8)c7s6)s5)sc4c3s2)sc1C. The first-order valence-corrected chi connectivity index (χ1v) is 42.3. The van der Waals surface area contributed by atoms with E-state index in [4.69, 9.17) is 8.75 Å². The summed E-state index contributed by atoms with van der Waals surface area (Å²) in [6.45, 7) is 23.7. The molecule has 0 saturated heterocycles. The van der Waals surface area contributed by atoms with Crippen LogP contribution in [-0.4, -0.2) is 8.75 Å². The molecule has 11 rings (SSSR count). The Morgan fingerprint density at radius 1 is 0.337 bits per heavy atom. The number of aromatic nitrogens is 2. The van der Waals surface area contributed by atoms with Gasteiger partial charge in [0.05, 0.1) is 21.1 Å². The Kier molecular flexibility index (Phi) is 24.5. The van der Waals surface area contributed by atoms with E-state index < -0.39 is 0 Å². The molecule has 0 fully saturated rings. The summed E-state index contributed by atoms with van der Waals surface area (Å²) in [5.74, 6) is 2.94. The molecule has 0 spiro atoms. The van der Waals surface area contributed by atoms with Crippen LogP contribution in [0.2, 0.25) is 0 Å².